The quantitative estimate of drug-likeness (QED) is 0.869. The molecule has 2 rings (SSSR count). The molecule has 1 aliphatic rings. The van der Waals surface area contributed by atoms with Crippen LogP contribution in [0.5, 0.6) is 0 Å². The zero-order chi connectivity index (χ0) is 11.4. The molecule has 1 heterocycles. The SMILES string of the molecule is CSC1CCC(NC(C)c2ccoc2)CC1. The highest BCUT2D eigenvalue weighted by molar-refractivity contribution is 7.99. The molecule has 3 heteroatoms. The predicted molar refractivity (Wildman–Crippen MR) is 69.8 cm³/mol. The number of thioether (sulfide) groups is 1. The summed E-state index contributed by atoms with van der Waals surface area (Å²) in [6.07, 6.45) is 11.2. The molecule has 1 aliphatic carbocycles. The number of furan rings is 1. The molecule has 1 unspecified atom stereocenters. The first-order valence-corrected chi connectivity index (χ1v) is 7.39. The van der Waals surface area contributed by atoms with Crippen molar-refractivity contribution in [2.24, 2.45) is 0 Å². The van der Waals surface area contributed by atoms with Crippen LogP contribution in [0.1, 0.15) is 44.2 Å². The van der Waals surface area contributed by atoms with Crippen LogP contribution in [0.15, 0.2) is 23.0 Å². The molecule has 16 heavy (non-hydrogen) atoms. The Hall–Kier alpha value is -0.410. The van der Waals surface area contributed by atoms with Crippen LogP contribution in [0, 0.1) is 0 Å². The summed E-state index contributed by atoms with van der Waals surface area (Å²) in [5, 5.41) is 4.59. The van der Waals surface area contributed by atoms with E-state index in [-0.39, 0.29) is 0 Å². The van der Waals surface area contributed by atoms with Crippen LogP contribution in [0.25, 0.3) is 0 Å². The Bertz CT molecular complexity index is 291. The largest absolute Gasteiger partial charge is 0.472 e. The van der Waals surface area contributed by atoms with Gasteiger partial charge in [-0.05, 0) is 44.9 Å². The van der Waals surface area contributed by atoms with E-state index >= 15 is 0 Å². The fraction of sp³-hybridized carbons (Fsp3) is 0.692. The first kappa shape index (κ1) is 12.1. The van der Waals surface area contributed by atoms with E-state index in [0.29, 0.717) is 12.1 Å². The van der Waals surface area contributed by atoms with Crippen LogP contribution in [-0.2, 0) is 0 Å². The van der Waals surface area contributed by atoms with Gasteiger partial charge in [0.1, 0.15) is 0 Å². The minimum atomic E-state index is 0.412. The molecule has 2 nitrogen and oxygen atoms in total. The Morgan fingerprint density at radius 2 is 2.12 bits per heavy atom. The minimum Gasteiger partial charge on any atom is -0.472 e. The lowest BCUT2D eigenvalue weighted by molar-refractivity contribution is 0.351. The molecule has 0 bridgehead atoms. The summed E-state index contributed by atoms with van der Waals surface area (Å²) in [4.78, 5) is 0. The highest BCUT2D eigenvalue weighted by Crippen LogP contribution is 2.28. The van der Waals surface area contributed by atoms with Gasteiger partial charge in [0.2, 0.25) is 0 Å². The minimum absolute atomic E-state index is 0.412. The summed E-state index contributed by atoms with van der Waals surface area (Å²) in [5.74, 6) is 0. The van der Waals surface area contributed by atoms with E-state index in [4.69, 9.17) is 4.42 Å². The maximum Gasteiger partial charge on any atom is 0.0950 e. The van der Waals surface area contributed by atoms with Gasteiger partial charge >= 0.3 is 0 Å². The lowest BCUT2D eigenvalue weighted by Crippen LogP contribution is -2.35. The van der Waals surface area contributed by atoms with E-state index < -0.39 is 0 Å². The fourth-order valence-electron chi connectivity index (χ4n) is 2.44. The van der Waals surface area contributed by atoms with Crippen molar-refractivity contribution in [2.45, 2.75) is 49.9 Å². The molecule has 0 radical (unpaired) electrons. The summed E-state index contributed by atoms with van der Waals surface area (Å²) in [6, 6.07) is 3.15. The molecule has 0 spiro atoms. The van der Waals surface area contributed by atoms with Crippen LogP contribution < -0.4 is 5.32 Å². The van der Waals surface area contributed by atoms with Crippen molar-refractivity contribution < 1.29 is 4.42 Å². The van der Waals surface area contributed by atoms with E-state index in [2.05, 4.69) is 18.5 Å². The van der Waals surface area contributed by atoms with E-state index in [1.165, 1.54) is 31.2 Å². The molecule has 0 amide bonds. The van der Waals surface area contributed by atoms with E-state index in [0.717, 1.165) is 5.25 Å². The van der Waals surface area contributed by atoms with Gasteiger partial charge in [0.25, 0.3) is 0 Å². The Morgan fingerprint density at radius 1 is 1.38 bits per heavy atom. The predicted octanol–water partition coefficient (Wildman–Crippen LogP) is 3.60. The van der Waals surface area contributed by atoms with Gasteiger partial charge in [0.05, 0.1) is 12.5 Å². The first-order valence-electron chi connectivity index (χ1n) is 6.10. The van der Waals surface area contributed by atoms with Crippen molar-refractivity contribution in [1.82, 2.24) is 5.32 Å². The maximum atomic E-state index is 5.12. The summed E-state index contributed by atoms with van der Waals surface area (Å²) in [6.45, 7) is 2.21. The van der Waals surface area contributed by atoms with Gasteiger partial charge in [-0.3, -0.25) is 0 Å². The number of rotatable bonds is 4. The average Bonchev–Trinajstić information content (AvgIpc) is 2.83. The van der Waals surface area contributed by atoms with Crippen molar-refractivity contribution in [2.75, 3.05) is 6.26 Å². The monoisotopic (exact) mass is 239 g/mol. The second kappa shape index (κ2) is 5.78. The molecule has 0 saturated heterocycles. The van der Waals surface area contributed by atoms with E-state index in [1.807, 2.05) is 24.1 Å². The third-order valence-corrected chi connectivity index (χ3v) is 4.67. The fourth-order valence-corrected chi connectivity index (χ4v) is 3.18. The normalized spacial score (nSPS) is 27.9. The third kappa shape index (κ3) is 3.05. The van der Waals surface area contributed by atoms with Crippen molar-refractivity contribution in [3.05, 3.63) is 24.2 Å². The second-order valence-electron chi connectivity index (χ2n) is 4.65. The van der Waals surface area contributed by atoms with Crippen LogP contribution in [0.4, 0.5) is 0 Å². The van der Waals surface area contributed by atoms with Gasteiger partial charge in [-0.1, -0.05) is 0 Å². The highest BCUT2D eigenvalue weighted by atomic mass is 32.2. The number of hydrogen-bond donors (Lipinski definition) is 1. The lowest BCUT2D eigenvalue weighted by atomic mass is 9.94. The standard InChI is InChI=1S/C13H21NOS/c1-10(11-7-8-15-9-11)14-12-3-5-13(16-2)6-4-12/h7-10,12-14H,3-6H2,1-2H3. The van der Waals surface area contributed by atoms with Crippen molar-refractivity contribution in [1.29, 1.82) is 0 Å². The zero-order valence-electron chi connectivity index (χ0n) is 10.1. The van der Waals surface area contributed by atoms with Crippen LogP contribution in [-0.4, -0.2) is 17.5 Å². The third-order valence-electron chi connectivity index (χ3n) is 3.54. The first-order chi connectivity index (χ1) is 7.79. The number of hydrogen-bond acceptors (Lipinski definition) is 3. The summed E-state index contributed by atoms with van der Waals surface area (Å²) >= 11 is 2.02. The zero-order valence-corrected chi connectivity index (χ0v) is 10.9. The second-order valence-corrected chi connectivity index (χ2v) is 5.79. The summed E-state index contributed by atoms with van der Waals surface area (Å²) < 4.78 is 5.12. The van der Waals surface area contributed by atoms with Crippen LogP contribution in [0.2, 0.25) is 0 Å². The molecule has 1 saturated carbocycles. The molecule has 1 aromatic heterocycles. The Kier molecular flexibility index (Phi) is 4.36. The maximum absolute atomic E-state index is 5.12. The van der Waals surface area contributed by atoms with Crippen molar-refractivity contribution in [3.63, 3.8) is 0 Å². The van der Waals surface area contributed by atoms with E-state index in [9.17, 15) is 0 Å². The molecule has 90 valence electrons. The van der Waals surface area contributed by atoms with Gasteiger partial charge in [0, 0.05) is 22.9 Å². The number of nitrogens with one attached hydrogen (secondary N) is 1. The van der Waals surface area contributed by atoms with Crippen LogP contribution >= 0.6 is 11.8 Å². The highest BCUT2D eigenvalue weighted by Gasteiger charge is 2.21. The Labute approximate surface area is 102 Å². The molecule has 1 N–H and O–H groups in total. The van der Waals surface area contributed by atoms with Crippen molar-refractivity contribution in [3.8, 4) is 0 Å². The van der Waals surface area contributed by atoms with Crippen LogP contribution in [0.3, 0.4) is 0 Å². The van der Waals surface area contributed by atoms with Gasteiger partial charge in [-0.15, -0.1) is 0 Å². The van der Waals surface area contributed by atoms with Crippen molar-refractivity contribution >= 4 is 11.8 Å². The molecular formula is C13H21NOS. The summed E-state index contributed by atoms with van der Waals surface area (Å²) in [7, 11) is 0. The topological polar surface area (TPSA) is 25.2 Å². The van der Waals surface area contributed by atoms with E-state index in [1.54, 1.807) is 6.26 Å². The van der Waals surface area contributed by atoms with Gasteiger partial charge < -0.3 is 9.73 Å². The molecular weight excluding hydrogens is 218 g/mol. The molecule has 0 aliphatic heterocycles. The van der Waals surface area contributed by atoms with Gasteiger partial charge in [-0.25, -0.2) is 0 Å². The van der Waals surface area contributed by atoms with Gasteiger partial charge in [0.15, 0.2) is 0 Å². The molecule has 1 atom stereocenters. The van der Waals surface area contributed by atoms with Gasteiger partial charge in [-0.2, -0.15) is 11.8 Å². The Balaban J connectivity index is 1.78. The molecule has 1 aromatic rings. The smallest absolute Gasteiger partial charge is 0.0950 e. The molecule has 1 fully saturated rings. The molecule has 0 aromatic carbocycles. The summed E-state index contributed by atoms with van der Waals surface area (Å²) in [5.41, 5.74) is 1.26. The Morgan fingerprint density at radius 3 is 2.69 bits per heavy atom. The average molecular weight is 239 g/mol. The lowest BCUT2D eigenvalue weighted by Gasteiger charge is -2.30.